The van der Waals surface area contributed by atoms with Crippen LogP contribution < -0.4 is 4.90 Å². The summed E-state index contributed by atoms with van der Waals surface area (Å²) in [4.78, 5) is 30.5. The topological polar surface area (TPSA) is 43.9 Å². The Bertz CT molecular complexity index is 893. The van der Waals surface area contributed by atoms with E-state index in [1.165, 1.54) is 11.0 Å². The summed E-state index contributed by atoms with van der Waals surface area (Å²) < 4.78 is 14.1. The minimum atomic E-state index is -0.285. The van der Waals surface area contributed by atoms with Gasteiger partial charge in [0.2, 0.25) is 0 Å². The fourth-order valence-corrected chi connectivity index (χ4v) is 4.16. The molecule has 0 radical (unpaired) electrons. The first-order valence-electron chi connectivity index (χ1n) is 9.92. The van der Waals surface area contributed by atoms with Crippen molar-refractivity contribution in [1.82, 2.24) is 9.80 Å². The lowest BCUT2D eigenvalue weighted by molar-refractivity contribution is 0.0650. The average molecular weight is 416 g/mol. The van der Waals surface area contributed by atoms with Gasteiger partial charge in [-0.05, 0) is 49.7 Å². The zero-order chi connectivity index (χ0) is 20.4. The van der Waals surface area contributed by atoms with Crippen molar-refractivity contribution in [2.75, 3.05) is 44.2 Å². The first kappa shape index (κ1) is 19.9. The smallest absolute Gasteiger partial charge is 0.261 e. The van der Waals surface area contributed by atoms with E-state index in [4.69, 9.17) is 11.6 Å². The Kier molecular flexibility index (Phi) is 5.83. The van der Waals surface area contributed by atoms with E-state index in [0.717, 1.165) is 45.6 Å². The number of fused-ring (bicyclic) bond motifs is 1. The minimum Gasteiger partial charge on any atom is -0.367 e. The van der Waals surface area contributed by atoms with Gasteiger partial charge in [0.1, 0.15) is 5.82 Å². The lowest BCUT2D eigenvalue weighted by atomic mass is 10.1. The molecule has 0 aromatic heterocycles. The van der Waals surface area contributed by atoms with Crippen molar-refractivity contribution in [3.8, 4) is 0 Å². The van der Waals surface area contributed by atoms with Crippen LogP contribution >= 0.6 is 11.6 Å². The molecule has 2 amide bonds. The fourth-order valence-electron chi connectivity index (χ4n) is 4.00. The Morgan fingerprint density at radius 2 is 1.48 bits per heavy atom. The first-order valence-corrected chi connectivity index (χ1v) is 10.3. The molecule has 29 heavy (non-hydrogen) atoms. The molecule has 0 bridgehead atoms. The molecule has 0 N–H and O–H groups in total. The van der Waals surface area contributed by atoms with Gasteiger partial charge in [-0.1, -0.05) is 23.7 Å². The molecule has 0 unspecified atom stereocenters. The number of unbranched alkanes of at least 4 members (excludes halogenated alkanes) is 1. The van der Waals surface area contributed by atoms with Crippen LogP contribution in [0.1, 0.15) is 33.6 Å². The minimum absolute atomic E-state index is 0.191. The molecule has 5 nitrogen and oxygen atoms in total. The van der Waals surface area contributed by atoms with Gasteiger partial charge in [-0.2, -0.15) is 0 Å². The summed E-state index contributed by atoms with van der Waals surface area (Å²) in [6.45, 7) is 4.58. The highest BCUT2D eigenvalue weighted by Gasteiger charge is 2.34. The molecule has 2 aromatic rings. The third-order valence-electron chi connectivity index (χ3n) is 5.61. The summed E-state index contributed by atoms with van der Waals surface area (Å²) in [5.74, 6) is -0.666. The van der Waals surface area contributed by atoms with Gasteiger partial charge in [-0.15, -0.1) is 0 Å². The summed E-state index contributed by atoms with van der Waals surface area (Å²) >= 11 is 5.83. The summed E-state index contributed by atoms with van der Waals surface area (Å²) in [5.41, 5.74) is 1.60. The number of piperazine rings is 1. The highest BCUT2D eigenvalue weighted by molar-refractivity contribution is 6.30. The third kappa shape index (κ3) is 4.14. The zero-order valence-corrected chi connectivity index (χ0v) is 16.9. The molecular formula is C22H23ClFN3O2. The Balaban J connectivity index is 1.21. The predicted octanol–water partition coefficient (Wildman–Crippen LogP) is 3.68. The van der Waals surface area contributed by atoms with Gasteiger partial charge in [0.15, 0.2) is 0 Å². The lowest BCUT2D eigenvalue weighted by Gasteiger charge is -2.36. The second kappa shape index (κ2) is 8.51. The second-order valence-electron chi connectivity index (χ2n) is 7.44. The van der Waals surface area contributed by atoms with Gasteiger partial charge in [0.05, 0.1) is 16.8 Å². The number of imide groups is 1. The monoisotopic (exact) mass is 415 g/mol. The van der Waals surface area contributed by atoms with Crippen LogP contribution in [0.25, 0.3) is 0 Å². The molecule has 2 aliphatic heterocycles. The summed E-state index contributed by atoms with van der Waals surface area (Å²) in [6.07, 6.45) is 1.68. The molecule has 0 saturated carbocycles. The maximum Gasteiger partial charge on any atom is 0.261 e. The van der Waals surface area contributed by atoms with Gasteiger partial charge in [-0.25, -0.2) is 4.39 Å². The van der Waals surface area contributed by atoms with Crippen LogP contribution in [0.5, 0.6) is 0 Å². The van der Waals surface area contributed by atoms with Gasteiger partial charge in [0.25, 0.3) is 11.8 Å². The van der Waals surface area contributed by atoms with Crippen molar-refractivity contribution in [2.45, 2.75) is 12.8 Å². The highest BCUT2D eigenvalue weighted by Crippen LogP contribution is 2.25. The molecule has 1 saturated heterocycles. The molecule has 1 fully saturated rings. The maximum absolute atomic E-state index is 14.1. The van der Waals surface area contributed by atoms with E-state index in [0.29, 0.717) is 28.4 Å². The van der Waals surface area contributed by atoms with E-state index >= 15 is 0 Å². The van der Waals surface area contributed by atoms with Crippen molar-refractivity contribution in [2.24, 2.45) is 0 Å². The van der Waals surface area contributed by atoms with Crippen molar-refractivity contribution in [3.05, 3.63) is 64.4 Å². The van der Waals surface area contributed by atoms with Gasteiger partial charge < -0.3 is 4.90 Å². The Hall–Kier alpha value is -2.44. The molecule has 7 heteroatoms. The van der Waals surface area contributed by atoms with E-state index in [2.05, 4.69) is 4.90 Å². The van der Waals surface area contributed by atoms with Crippen LogP contribution in [0.3, 0.4) is 0 Å². The molecular weight excluding hydrogens is 393 g/mol. The third-order valence-corrected chi connectivity index (χ3v) is 5.84. The summed E-state index contributed by atoms with van der Waals surface area (Å²) in [7, 11) is 0. The van der Waals surface area contributed by atoms with E-state index in [1.54, 1.807) is 36.4 Å². The predicted molar refractivity (Wildman–Crippen MR) is 111 cm³/mol. The van der Waals surface area contributed by atoms with Crippen molar-refractivity contribution < 1.29 is 14.0 Å². The first-order chi connectivity index (χ1) is 14.0. The quantitative estimate of drug-likeness (QED) is 0.533. The number of hydrogen-bond acceptors (Lipinski definition) is 4. The molecule has 2 aromatic carbocycles. The largest absolute Gasteiger partial charge is 0.367 e. The van der Waals surface area contributed by atoms with Crippen LogP contribution in [0.4, 0.5) is 10.1 Å². The molecule has 0 spiro atoms. The number of rotatable bonds is 6. The SMILES string of the molecule is O=C1c2ccccc2C(=O)N1CCCCN1CCN(c2ccc(Cl)cc2F)CC1. The molecule has 0 aliphatic carbocycles. The Labute approximate surface area is 174 Å². The number of carbonyl (C=O) groups is 2. The van der Waals surface area contributed by atoms with E-state index < -0.39 is 0 Å². The summed E-state index contributed by atoms with van der Waals surface area (Å²) in [5, 5.41) is 0.406. The number of benzene rings is 2. The lowest BCUT2D eigenvalue weighted by Crippen LogP contribution is -2.47. The van der Waals surface area contributed by atoms with Crippen molar-refractivity contribution in [3.63, 3.8) is 0 Å². The Morgan fingerprint density at radius 1 is 0.862 bits per heavy atom. The van der Waals surface area contributed by atoms with E-state index in [-0.39, 0.29) is 17.6 Å². The molecule has 2 heterocycles. The normalized spacial score (nSPS) is 17.2. The summed E-state index contributed by atoms with van der Waals surface area (Å²) in [6, 6.07) is 11.8. The number of nitrogens with zero attached hydrogens (tertiary/aromatic N) is 3. The van der Waals surface area contributed by atoms with Crippen LogP contribution in [0.2, 0.25) is 5.02 Å². The molecule has 152 valence electrons. The van der Waals surface area contributed by atoms with Gasteiger partial charge in [-0.3, -0.25) is 19.4 Å². The molecule has 2 aliphatic rings. The van der Waals surface area contributed by atoms with Crippen LogP contribution in [-0.4, -0.2) is 60.9 Å². The maximum atomic E-state index is 14.1. The molecule has 0 atom stereocenters. The van der Waals surface area contributed by atoms with Gasteiger partial charge >= 0.3 is 0 Å². The van der Waals surface area contributed by atoms with Crippen molar-refractivity contribution in [1.29, 1.82) is 0 Å². The van der Waals surface area contributed by atoms with E-state index in [1.807, 2.05) is 4.90 Å². The van der Waals surface area contributed by atoms with E-state index in [9.17, 15) is 14.0 Å². The number of carbonyl (C=O) groups excluding carboxylic acids is 2. The standard InChI is InChI=1S/C22H23ClFN3O2/c23-16-7-8-20(19(24)15-16)26-13-11-25(12-14-26)9-3-4-10-27-21(28)17-5-1-2-6-18(17)22(27)29/h1-2,5-8,15H,3-4,9-14H2. The number of anilines is 1. The number of halogens is 2. The average Bonchev–Trinajstić information content (AvgIpc) is 2.97. The Morgan fingerprint density at radius 3 is 2.10 bits per heavy atom. The fraction of sp³-hybridized carbons (Fsp3) is 0.364. The molecule has 4 rings (SSSR count). The van der Waals surface area contributed by atoms with Crippen LogP contribution in [0.15, 0.2) is 42.5 Å². The van der Waals surface area contributed by atoms with Crippen molar-refractivity contribution >= 4 is 29.1 Å². The zero-order valence-electron chi connectivity index (χ0n) is 16.1. The van der Waals surface area contributed by atoms with Crippen LogP contribution in [0, 0.1) is 5.82 Å². The number of hydrogen-bond donors (Lipinski definition) is 0. The highest BCUT2D eigenvalue weighted by atomic mass is 35.5. The van der Waals surface area contributed by atoms with Gasteiger partial charge in [0, 0.05) is 37.7 Å². The second-order valence-corrected chi connectivity index (χ2v) is 7.88. The number of amides is 2. The van der Waals surface area contributed by atoms with Crippen LogP contribution in [-0.2, 0) is 0 Å².